The Bertz CT molecular complexity index is 1330. The zero-order chi connectivity index (χ0) is 24.4. The number of aliphatic imine (C=N–C) groups is 1. The van der Waals surface area contributed by atoms with Gasteiger partial charge in [-0.05, 0) is 48.9 Å². The summed E-state index contributed by atoms with van der Waals surface area (Å²) in [5.74, 6) is 1.06. The van der Waals surface area contributed by atoms with Gasteiger partial charge in [0.2, 0.25) is 0 Å². The first-order valence-electron chi connectivity index (χ1n) is 13.0. The number of piperazine rings is 1. The molecule has 0 radical (unpaired) electrons. The first kappa shape index (κ1) is 22.5. The van der Waals surface area contributed by atoms with Crippen molar-refractivity contribution >= 4 is 28.7 Å². The Morgan fingerprint density at radius 2 is 1.91 bits per heavy atom. The number of carbonyl (C=O) groups is 1. The first-order valence-corrected chi connectivity index (χ1v) is 13.0. The van der Waals surface area contributed by atoms with E-state index in [0.717, 1.165) is 70.8 Å². The second-order valence-corrected chi connectivity index (χ2v) is 11.0. The van der Waals surface area contributed by atoms with Crippen molar-refractivity contribution in [3.63, 3.8) is 0 Å². The summed E-state index contributed by atoms with van der Waals surface area (Å²) in [6.45, 7) is 10.9. The van der Waals surface area contributed by atoms with Crippen LogP contribution in [-0.2, 0) is 5.41 Å². The molecule has 1 aliphatic heterocycles. The molecule has 3 aromatic rings. The van der Waals surface area contributed by atoms with Crippen LogP contribution >= 0.6 is 0 Å². The molecule has 0 spiro atoms. The monoisotopic (exact) mass is 469 g/mol. The van der Waals surface area contributed by atoms with Gasteiger partial charge in [0, 0.05) is 78.8 Å². The maximum atomic E-state index is 13.7. The Morgan fingerprint density at radius 3 is 2.57 bits per heavy atom. The zero-order valence-corrected chi connectivity index (χ0v) is 21.3. The highest BCUT2D eigenvalue weighted by Gasteiger charge is 2.43. The number of fused-ring (bicyclic) bond motifs is 4. The molecule has 0 amide bonds. The molecule has 182 valence electrons. The van der Waals surface area contributed by atoms with Crippen molar-refractivity contribution in [1.82, 2.24) is 14.9 Å². The van der Waals surface area contributed by atoms with Gasteiger partial charge in [-0.2, -0.15) is 0 Å². The Balaban J connectivity index is 1.33. The van der Waals surface area contributed by atoms with Crippen molar-refractivity contribution < 1.29 is 4.79 Å². The van der Waals surface area contributed by atoms with E-state index in [1.54, 1.807) is 7.05 Å². The number of aromatic amines is 1. The minimum Gasteiger partial charge on any atom is -0.357 e. The summed E-state index contributed by atoms with van der Waals surface area (Å²) in [5, 5.41) is 0.970. The van der Waals surface area contributed by atoms with Crippen molar-refractivity contribution in [2.24, 2.45) is 4.99 Å². The van der Waals surface area contributed by atoms with Gasteiger partial charge in [-0.25, -0.2) is 4.98 Å². The van der Waals surface area contributed by atoms with E-state index in [1.807, 2.05) is 24.5 Å². The molecule has 6 rings (SSSR count). The number of rotatable bonds is 4. The van der Waals surface area contributed by atoms with Gasteiger partial charge in [0.05, 0.1) is 5.56 Å². The molecule has 2 aromatic heterocycles. The number of nitrogens with zero attached hydrogens (tertiary/aromatic N) is 4. The largest absolute Gasteiger partial charge is 0.357 e. The van der Waals surface area contributed by atoms with Crippen LogP contribution in [0.25, 0.3) is 10.9 Å². The molecule has 3 aliphatic rings. The van der Waals surface area contributed by atoms with Crippen LogP contribution in [0.3, 0.4) is 0 Å². The van der Waals surface area contributed by atoms with E-state index in [1.165, 1.54) is 25.7 Å². The van der Waals surface area contributed by atoms with Gasteiger partial charge >= 0.3 is 0 Å². The molecular weight excluding hydrogens is 434 g/mol. The molecule has 6 nitrogen and oxygen atoms in total. The SMILES string of the molecule is CCC1(N2CCN(c3cc4c(cn3)C(=O)c3c([nH]c5cc(C=NC)ccc35)C4(C)C)CC2)CCC1. The summed E-state index contributed by atoms with van der Waals surface area (Å²) in [7, 11) is 1.77. The molecule has 0 atom stereocenters. The molecule has 2 aliphatic carbocycles. The average molecular weight is 470 g/mol. The average Bonchev–Trinajstić information content (AvgIpc) is 3.23. The summed E-state index contributed by atoms with van der Waals surface area (Å²) in [5.41, 5.74) is 5.69. The Morgan fingerprint density at radius 1 is 1.14 bits per heavy atom. The second kappa shape index (κ2) is 8.02. The van der Waals surface area contributed by atoms with Gasteiger partial charge in [-0.3, -0.25) is 14.7 Å². The molecule has 3 heterocycles. The number of aromatic nitrogens is 2. The van der Waals surface area contributed by atoms with Crippen LogP contribution in [0.15, 0.2) is 35.5 Å². The highest BCUT2D eigenvalue weighted by Crippen LogP contribution is 2.45. The summed E-state index contributed by atoms with van der Waals surface area (Å²) >= 11 is 0. The van der Waals surface area contributed by atoms with Crippen molar-refractivity contribution in [3.8, 4) is 0 Å². The van der Waals surface area contributed by atoms with Gasteiger partial charge in [0.15, 0.2) is 5.78 Å². The number of anilines is 1. The van der Waals surface area contributed by atoms with Crippen molar-refractivity contribution in [3.05, 3.63) is 58.4 Å². The van der Waals surface area contributed by atoms with Crippen LogP contribution in [0.4, 0.5) is 5.82 Å². The molecule has 0 bridgehead atoms. The van der Waals surface area contributed by atoms with E-state index in [2.05, 4.69) is 52.7 Å². The third-order valence-electron chi connectivity index (χ3n) is 8.98. The van der Waals surface area contributed by atoms with Crippen LogP contribution in [0.1, 0.15) is 79.2 Å². The van der Waals surface area contributed by atoms with Crippen LogP contribution in [-0.4, -0.2) is 65.6 Å². The molecular formula is C29H35N5O. The predicted molar refractivity (Wildman–Crippen MR) is 142 cm³/mol. The van der Waals surface area contributed by atoms with Crippen molar-refractivity contribution in [2.45, 2.75) is 57.4 Å². The lowest BCUT2D eigenvalue weighted by Gasteiger charge is -2.53. The molecule has 35 heavy (non-hydrogen) atoms. The lowest BCUT2D eigenvalue weighted by Crippen LogP contribution is -2.60. The molecule has 0 unspecified atom stereocenters. The van der Waals surface area contributed by atoms with Crippen LogP contribution < -0.4 is 4.90 Å². The quantitative estimate of drug-likeness (QED) is 0.550. The fourth-order valence-corrected chi connectivity index (χ4v) is 6.62. The topological polar surface area (TPSA) is 64.6 Å². The van der Waals surface area contributed by atoms with E-state index in [-0.39, 0.29) is 11.2 Å². The van der Waals surface area contributed by atoms with E-state index in [9.17, 15) is 4.79 Å². The lowest BCUT2D eigenvalue weighted by molar-refractivity contribution is 0.00826. The van der Waals surface area contributed by atoms with E-state index in [4.69, 9.17) is 4.98 Å². The van der Waals surface area contributed by atoms with Gasteiger partial charge in [-0.15, -0.1) is 0 Å². The Hall–Kier alpha value is -2.99. The number of benzene rings is 1. The minimum absolute atomic E-state index is 0.0659. The standard InChI is InChI=1S/C29H35N5O/c1-5-29(9-6-10-29)34-13-11-33(12-14-34)24-16-22-21(18-31-24)26(35)25-20-8-7-19(17-30-4)15-23(20)32-27(25)28(22,2)3/h7-8,15-18,32H,5-6,9-14H2,1-4H3. The number of carbonyl (C=O) groups excluding carboxylic acids is 1. The van der Waals surface area contributed by atoms with Gasteiger partial charge < -0.3 is 9.88 Å². The number of nitrogens with one attached hydrogen (secondary N) is 1. The van der Waals surface area contributed by atoms with E-state index < -0.39 is 0 Å². The highest BCUT2D eigenvalue weighted by molar-refractivity contribution is 6.20. The van der Waals surface area contributed by atoms with Crippen molar-refractivity contribution in [1.29, 1.82) is 0 Å². The number of H-pyrrole nitrogens is 1. The fourth-order valence-electron chi connectivity index (χ4n) is 6.62. The molecule has 1 N–H and O–H groups in total. The Kier molecular flexibility index (Phi) is 5.15. The first-order chi connectivity index (χ1) is 16.9. The highest BCUT2D eigenvalue weighted by atomic mass is 16.1. The molecule has 6 heteroatoms. The maximum absolute atomic E-state index is 13.7. The molecule has 1 aromatic carbocycles. The zero-order valence-electron chi connectivity index (χ0n) is 21.3. The summed E-state index contributed by atoms with van der Waals surface area (Å²) in [4.78, 5) is 31.3. The van der Waals surface area contributed by atoms with Crippen molar-refractivity contribution in [2.75, 3.05) is 38.1 Å². The fraction of sp³-hybridized carbons (Fsp3) is 0.483. The number of ketones is 1. The predicted octanol–water partition coefficient (Wildman–Crippen LogP) is 4.94. The number of pyridine rings is 1. The normalized spacial score (nSPS) is 21.3. The molecule has 2 fully saturated rings. The van der Waals surface area contributed by atoms with E-state index in [0.29, 0.717) is 5.54 Å². The Labute approximate surface area is 207 Å². The van der Waals surface area contributed by atoms with Crippen LogP contribution in [0.5, 0.6) is 0 Å². The second-order valence-electron chi connectivity index (χ2n) is 11.0. The summed E-state index contributed by atoms with van der Waals surface area (Å²) in [6.07, 6.45) is 8.96. The maximum Gasteiger partial charge on any atom is 0.197 e. The van der Waals surface area contributed by atoms with Gasteiger partial charge in [-0.1, -0.05) is 32.9 Å². The van der Waals surface area contributed by atoms with E-state index >= 15 is 0 Å². The summed E-state index contributed by atoms with van der Waals surface area (Å²) < 4.78 is 0. The van der Waals surface area contributed by atoms with Gasteiger partial charge in [0.25, 0.3) is 0 Å². The van der Waals surface area contributed by atoms with Gasteiger partial charge in [0.1, 0.15) is 5.82 Å². The third-order valence-corrected chi connectivity index (χ3v) is 8.98. The number of hydrogen-bond acceptors (Lipinski definition) is 5. The minimum atomic E-state index is -0.325. The number of hydrogen-bond donors (Lipinski definition) is 1. The lowest BCUT2D eigenvalue weighted by atomic mass is 9.72. The molecule has 1 saturated carbocycles. The van der Waals surface area contributed by atoms with Crippen LogP contribution in [0.2, 0.25) is 0 Å². The molecule has 1 saturated heterocycles. The third kappa shape index (κ3) is 3.29. The smallest absolute Gasteiger partial charge is 0.197 e. The van der Waals surface area contributed by atoms with Crippen LogP contribution in [0, 0.1) is 0 Å². The summed E-state index contributed by atoms with van der Waals surface area (Å²) in [6, 6.07) is 8.30.